The van der Waals surface area contributed by atoms with Crippen LogP contribution in [0.1, 0.15) is 6.42 Å². The maximum atomic E-state index is 9.60. The third-order valence-electron chi connectivity index (χ3n) is 1.94. The normalized spacial score (nSPS) is 11.4. The first-order valence-electron chi connectivity index (χ1n) is 4.98. The van der Waals surface area contributed by atoms with E-state index in [2.05, 4.69) is 0 Å². The molecule has 0 spiro atoms. The molecule has 1 rings (SSSR count). The van der Waals surface area contributed by atoms with E-state index in [9.17, 15) is 4.80 Å². The molecule has 0 aliphatic heterocycles. The van der Waals surface area contributed by atoms with Crippen molar-refractivity contribution in [2.75, 3.05) is 6.61 Å². The van der Waals surface area contributed by atoms with Crippen molar-refractivity contribution in [3.8, 4) is 5.75 Å². The van der Waals surface area contributed by atoms with Gasteiger partial charge in [0.05, 0.1) is 6.61 Å². The lowest BCUT2D eigenvalue weighted by molar-refractivity contribution is 0.314. The Morgan fingerprint density at radius 3 is 2.43 bits per heavy atom. The molecule has 0 unspecified atom stereocenters. The van der Waals surface area contributed by atoms with Crippen LogP contribution < -0.4 is 4.74 Å². The second kappa shape index (κ2) is 5.17. The van der Waals surface area contributed by atoms with Crippen LogP contribution in [0.25, 0.3) is 0 Å². The summed E-state index contributed by atoms with van der Waals surface area (Å²) in [5.41, 5.74) is 0. The molecule has 0 heterocycles. The van der Waals surface area contributed by atoms with Crippen LogP contribution in [0.3, 0.4) is 0 Å². The van der Waals surface area contributed by atoms with Crippen LogP contribution in [0.5, 0.6) is 5.75 Å². The molecule has 1 aromatic rings. The van der Waals surface area contributed by atoms with Crippen LogP contribution in [0.15, 0.2) is 30.3 Å². The van der Waals surface area contributed by atoms with Gasteiger partial charge >= 0.3 is 0 Å². The summed E-state index contributed by atoms with van der Waals surface area (Å²) in [7, 11) is -1.88. The summed E-state index contributed by atoms with van der Waals surface area (Å²) >= 11 is 0. The van der Waals surface area contributed by atoms with Gasteiger partial charge in [-0.15, -0.1) is 0 Å². The number of benzene rings is 1. The molecule has 0 radical (unpaired) electrons. The standard InChI is InChI=1S/C11H18O2Si/c1-14(2,12)10-6-9-13-11-7-4-3-5-8-11/h3-5,7-8,12H,6,9-10H2,1-2H3. The summed E-state index contributed by atoms with van der Waals surface area (Å²) in [4.78, 5) is 9.60. The molecule has 1 aromatic carbocycles. The van der Waals surface area contributed by atoms with E-state index in [-0.39, 0.29) is 0 Å². The Balaban J connectivity index is 2.17. The fourth-order valence-corrected chi connectivity index (χ4v) is 2.22. The van der Waals surface area contributed by atoms with Crippen LogP contribution in [-0.4, -0.2) is 19.7 Å². The van der Waals surface area contributed by atoms with Gasteiger partial charge < -0.3 is 9.53 Å². The summed E-state index contributed by atoms with van der Waals surface area (Å²) in [5.74, 6) is 0.907. The van der Waals surface area contributed by atoms with Crippen LogP contribution in [-0.2, 0) is 0 Å². The predicted octanol–water partition coefficient (Wildman–Crippen LogP) is 2.65. The SMILES string of the molecule is C[Si](C)(O)CCCOc1ccccc1. The van der Waals surface area contributed by atoms with Gasteiger partial charge in [0.25, 0.3) is 0 Å². The van der Waals surface area contributed by atoms with Gasteiger partial charge in [-0.25, -0.2) is 0 Å². The molecule has 1 N–H and O–H groups in total. The summed E-state index contributed by atoms with van der Waals surface area (Å²) in [6.45, 7) is 4.60. The van der Waals surface area contributed by atoms with Crippen molar-refractivity contribution in [1.82, 2.24) is 0 Å². The first-order valence-corrected chi connectivity index (χ1v) is 8.13. The van der Waals surface area contributed by atoms with Crippen LogP contribution >= 0.6 is 0 Å². The number of hydrogen-bond acceptors (Lipinski definition) is 2. The third kappa shape index (κ3) is 5.04. The molecular formula is C11H18O2Si. The number of hydrogen-bond donors (Lipinski definition) is 1. The van der Waals surface area contributed by atoms with E-state index in [1.165, 1.54) is 0 Å². The highest BCUT2D eigenvalue weighted by molar-refractivity contribution is 6.69. The molecule has 0 atom stereocenters. The van der Waals surface area contributed by atoms with Crippen LogP contribution in [0.2, 0.25) is 19.1 Å². The summed E-state index contributed by atoms with van der Waals surface area (Å²) in [6, 6.07) is 10.7. The Labute approximate surface area is 86.7 Å². The highest BCUT2D eigenvalue weighted by atomic mass is 28.4. The lowest BCUT2D eigenvalue weighted by Gasteiger charge is -2.13. The number of rotatable bonds is 5. The molecule has 0 aliphatic carbocycles. The fraction of sp³-hybridized carbons (Fsp3) is 0.455. The average Bonchev–Trinajstić information content (AvgIpc) is 2.13. The Morgan fingerprint density at radius 1 is 1.21 bits per heavy atom. The van der Waals surface area contributed by atoms with Gasteiger partial charge in [0, 0.05) is 0 Å². The average molecular weight is 210 g/mol. The highest BCUT2D eigenvalue weighted by Gasteiger charge is 2.15. The molecule has 0 saturated heterocycles. The molecule has 0 saturated carbocycles. The van der Waals surface area contributed by atoms with Gasteiger partial charge in [-0.2, -0.15) is 0 Å². The van der Waals surface area contributed by atoms with Crippen molar-refractivity contribution in [3.05, 3.63) is 30.3 Å². The van der Waals surface area contributed by atoms with E-state index in [1.807, 2.05) is 43.4 Å². The zero-order valence-corrected chi connectivity index (χ0v) is 9.86. The van der Waals surface area contributed by atoms with Gasteiger partial charge in [0.15, 0.2) is 8.32 Å². The quantitative estimate of drug-likeness (QED) is 0.598. The lowest BCUT2D eigenvalue weighted by Crippen LogP contribution is -2.24. The minimum atomic E-state index is -1.88. The van der Waals surface area contributed by atoms with Crippen molar-refractivity contribution < 1.29 is 9.53 Å². The monoisotopic (exact) mass is 210 g/mol. The summed E-state index contributed by atoms with van der Waals surface area (Å²) < 4.78 is 5.51. The zero-order chi connectivity index (χ0) is 10.4. The molecular weight excluding hydrogens is 192 g/mol. The third-order valence-corrected chi connectivity index (χ3v) is 3.52. The van der Waals surface area contributed by atoms with E-state index >= 15 is 0 Å². The first-order chi connectivity index (χ1) is 6.58. The van der Waals surface area contributed by atoms with E-state index < -0.39 is 8.32 Å². The zero-order valence-electron chi connectivity index (χ0n) is 8.86. The van der Waals surface area contributed by atoms with Gasteiger partial charge in [0.2, 0.25) is 0 Å². The van der Waals surface area contributed by atoms with Crippen molar-refractivity contribution in [1.29, 1.82) is 0 Å². The van der Waals surface area contributed by atoms with Crippen LogP contribution in [0.4, 0.5) is 0 Å². The number of para-hydroxylation sites is 1. The second-order valence-corrected chi connectivity index (χ2v) is 8.20. The Bertz CT molecular complexity index is 254. The molecule has 78 valence electrons. The topological polar surface area (TPSA) is 29.5 Å². The van der Waals surface area contributed by atoms with E-state index in [0.29, 0.717) is 6.61 Å². The van der Waals surface area contributed by atoms with Crippen molar-refractivity contribution in [2.45, 2.75) is 25.6 Å². The fourth-order valence-electron chi connectivity index (χ4n) is 1.21. The second-order valence-electron chi connectivity index (χ2n) is 4.08. The maximum absolute atomic E-state index is 9.60. The van der Waals surface area contributed by atoms with Gasteiger partial charge in [-0.1, -0.05) is 18.2 Å². The smallest absolute Gasteiger partial charge is 0.182 e. The highest BCUT2D eigenvalue weighted by Crippen LogP contribution is 2.11. The van der Waals surface area contributed by atoms with Gasteiger partial charge in [-0.05, 0) is 37.7 Å². The van der Waals surface area contributed by atoms with Crippen molar-refractivity contribution >= 4 is 8.32 Å². The Morgan fingerprint density at radius 2 is 1.86 bits per heavy atom. The first kappa shape index (κ1) is 11.3. The molecule has 0 aromatic heterocycles. The minimum Gasteiger partial charge on any atom is -0.494 e. The maximum Gasteiger partial charge on any atom is 0.182 e. The summed E-state index contributed by atoms with van der Waals surface area (Å²) in [6.07, 6.45) is 0.935. The molecule has 3 heteroatoms. The Kier molecular flexibility index (Phi) is 4.16. The van der Waals surface area contributed by atoms with Gasteiger partial charge in [-0.3, -0.25) is 0 Å². The molecule has 14 heavy (non-hydrogen) atoms. The van der Waals surface area contributed by atoms with Crippen LogP contribution in [0, 0.1) is 0 Å². The van der Waals surface area contributed by atoms with E-state index in [4.69, 9.17) is 4.74 Å². The largest absolute Gasteiger partial charge is 0.494 e. The minimum absolute atomic E-state index is 0.695. The summed E-state index contributed by atoms with van der Waals surface area (Å²) in [5, 5.41) is 0. The number of ether oxygens (including phenoxy) is 1. The van der Waals surface area contributed by atoms with E-state index in [1.54, 1.807) is 0 Å². The predicted molar refractivity (Wildman–Crippen MR) is 61.1 cm³/mol. The molecule has 0 fully saturated rings. The lowest BCUT2D eigenvalue weighted by atomic mass is 10.3. The van der Waals surface area contributed by atoms with E-state index in [0.717, 1.165) is 18.2 Å². The Hall–Kier alpha value is -0.803. The van der Waals surface area contributed by atoms with Crippen molar-refractivity contribution in [3.63, 3.8) is 0 Å². The molecule has 0 aliphatic rings. The van der Waals surface area contributed by atoms with Crippen molar-refractivity contribution in [2.24, 2.45) is 0 Å². The molecule has 0 bridgehead atoms. The van der Waals surface area contributed by atoms with Gasteiger partial charge in [0.1, 0.15) is 5.75 Å². The molecule has 2 nitrogen and oxygen atoms in total. The molecule has 0 amide bonds.